The van der Waals surface area contributed by atoms with E-state index in [0.29, 0.717) is 19.6 Å². The van der Waals surface area contributed by atoms with Crippen molar-refractivity contribution in [1.29, 1.82) is 0 Å². The third-order valence-corrected chi connectivity index (χ3v) is 3.56. The molecule has 1 aliphatic carbocycles. The van der Waals surface area contributed by atoms with E-state index in [-0.39, 0.29) is 11.9 Å². The van der Waals surface area contributed by atoms with Crippen molar-refractivity contribution in [1.82, 2.24) is 25.0 Å². The molecule has 19 heavy (non-hydrogen) atoms. The molecule has 0 radical (unpaired) electrons. The first-order valence-corrected chi connectivity index (χ1v) is 6.30. The van der Waals surface area contributed by atoms with Gasteiger partial charge in [-0.1, -0.05) is 0 Å². The Morgan fingerprint density at radius 3 is 2.89 bits per heavy atom. The fraction of sp³-hybridized carbons (Fsp3) is 0.636. The van der Waals surface area contributed by atoms with Crippen molar-refractivity contribution < 1.29 is 14.7 Å². The smallest absolute Gasteiger partial charge is 0.326 e. The number of hydrogen-bond donors (Lipinski definition) is 2. The van der Waals surface area contributed by atoms with Crippen LogP contribution in [-0.2, 0) is 17.9 Å². The normalized spacial score (nSPS) is 19.7. The Bertz CT molecular complexity index is 510. The average molecular weight is 265 g/mol. The summed E-state index contributed by atoms with van der Waals surface area (Å²) in [6, 6.07) is -1.11. The molecule has 8 nitrogen and oxygen atoms in total. The average Bonchev–Trinajstić information content (AvgIpc) is 3.11. The van der Waals surface area contributed by atoms with Gasteiger partial charge < -0.3 is 19.9 Å². The summed E-state index contributed by atoms with van der Waals surface area (Å²) >= 11 is 0. The number of nitrogens with zero attached hydrogens (tertiary/aromatic N) is 4. The Hall–Kier alpha value is -2.12. The monoisotopic (exact) mass is 265 g/mol. The molecule has 0 aromatic carbocycles. The highest BCUT2D eigenvalue weighted by Gasteiger charge is 2.38. The first-order valence-electron chi connectivity index (χ1n) is 6.30. The SMILES string of the molecule is O=C(O)C(NC(=O)N1CCn2cnnc2C1)C1CC1. The zero-order valence-corrected chi connectivity index (χ0v) is 10.3. The molecule has 2 aliphatic rings. The Kier molecular flexibility index (Phi) is 2.84. The lowest BCUT2D eigenvalue weighted by atomic mass is 10.2. The van der Waals surface area contributed by atoms with Crippen LogP contribution in [0.25, 0.3) is 0 Å². The van der Waals surface area contributed by atoms with Crippen LogP contribution >= 0.6 is 0 Å². The van der Waals surface area contributed by atoms with Crippen LogP contribution in [0.4, 0.5) is 4.79 Å². The van der Waals surface area contributed by atoms with Gasteiger partial charge in [0.25, 0.3) is 0 Å². The van der Waals surface area contributed by atoms with Crippen LogP contribution in [-0.4, -0.2) is 49.4 Å². The van der Waals surface area contributed by atoms with Crippen molar-refractivity contribution >= 4 is 12.0 Å². The molecule has 102 valence electrons. The minimum atomic E-state index is -0.962. The highest BCUT2D eigenvalue weighted by Crippen LogP contribution is 2.32. The number of urea groups is 1. The Balaban J connectivity index is 1.63. The molecule has 2 amide bonds. The number of rotatable bonds is 3. The minimum Gasteiger partial charge on any atom is -0.480 e. The van der Waals surface area contributed by atoms with Gasteiger partial charge in [-0.3, -0.25) is 0 Å². The van der Waals surface area contributed by atoms with Gasteiger partial charge in [0.2, 0.25) is 0 Å². The predicted octanol–water partition coefficient (Wildman–Crippen LogP) is -0.333. The van der Waals surface area contributed by atoms with Gasteiger partial charge in [-0.25, -0.2) is 9.59 Å². The topological polar surface area (TPSA) is 100 Å². The van der Waals surface area contributed by atoms with Gasteiger partial charge >= 0.3 is 12.0 Å². The van der Waals surface area contributed by atoms with Gasteiger partial charge in [0.1, 0.15) is 12.4 Å². The van der Waals surface area contributed by atoms with E-state index in [9.17, 15) is 9.59 Å². The molecule has 0 bridgehead atoms. The molecule has 1 unspecified atom stereocenters. The molecule has 1 aliphatic heterocycles. The molecule has 3 rings (SSSR count). The number of aromatic nitrogens is 3. The summed E-state index contributed by atoms with van der Waals surface area (Å²) in [5.74, 6) is -0.161. The van der Waals surface area contributed by atoms with Crippen molar-refractivity contribution in [2.45, 2.75) is 32.0 Å². The first kappa shape index (κ1) is 11.9. The lowest BCUT2D eigenvalue weighted by Gasteiger charge is -2.28. The van der Waals surface area contributed by atoms with Crippen LogP contribution in [0.5, 0.6) is 0 Å². The summed E-state index contributed by atoms with van der Waals surface area (Å²) in [6.07, 6.45) is 3.37. The highest BCUT2D eigenvalue weighted by molar-refractivity contribution is 5.83. The van der Waals surface area contributed by atoms with Gasteiger partial charge in [0.15, 0.2) is 5.82 Å². The molecule has 1 aromatic heterocycles. The maximum Gasteiger partial charge on any atom is 0.326 e. The fourth-order valence-electron chi connectivity index (χ4n) is 2.27. The summed E-state index contributed by atoms with van der Waals surface area (Å²) in [6.45, 7) is 1.54. The zero-order chi connectivity index (χ0) is 13.4. The van der Waals surface area contributed by atoms with Gasteiger partial charge in [-0.05, 0) is 18.8 Å². The maximum atomic E-state index is 12.1. The Morgan fingerprint density at radius 2 is 2.21 bits per heavy atom. The summed E-state index contributed by atoms with van der Waals surface area (Å²) in [4.78, 5) is 24.7. The number of aliphatic carboxylic acids is 1. The highest BCUT2D eigenvalue weighted by atomic mass is 16.4. The van der Waals surface area contributed by atoms with Crippen molar-refractivity contribution in [3.05, 3.63) is 12.2 Å². The van der Waals surface area contributed by atoms with Crippen molar-refractivity contribution in [3.8, 4) is 0 Å². The number of fused-ring (bicyclic) bond motifs is 1. The van der Waals surface area contributed by atoms with Crippen LogP contribution in [0.3, 0.4) is 0 Å². The van der Waals surface area contributed by atoms with E-state index in [1.165, 1.54) is 0 Å². The second-order valence-electron chi connectivity index (χ2n) is 4.96. The van der Waals surface area contributed by atoms with Crippen LogP contribution in [0.1, 0.15) is 18.7 Å². The third kappa shape index (κ3) is 2.38. The van der Waals surface area contributed by atoms with E-state index in [0.717, 1.165) is 18.7 Å². The number of carboxylic acid groups (broad SMARTS) is 1. The van der Waals surface area contributed by atoms with E-state index in [1.807, 2.05) is 4.57 Å². The van der Waals surface area contributed by atoms with E-state index in [1.54, 1.807) is 11.2 Å². The van der Waals surface area contributed by atoms with E-state index >= 15 is 0 Å². The molecule has 1 aromatic rings. The second kappa shape index (κ2) is 4.52. The first-order chi connectivity index (χ1) is 9.15. The van der Waals surface area contributed by atoms with Crippen LogP contribution < -0.4 is 5.32 Å². The summed E-state index contributed by atoms with van der Waals surface area (Å²) < 4.78 is 1.89. The molecule has 1 fully saturated rings. The number of hydrogen-bond acceptors (Lipinski definition) is 4. The van der Waals surface area contributed by atoms with Crippen molar-refractivity contribution in [2.75, 3.05) is 6.54 Å². The molecule has 0 saturated heterocycles. The molecule has 2 heterocycles. The van der Waals surface area contributed by atoms with Crippen molar-refractivity contribution in [3.63, 3.8) is 0 Å². The summed E-state index contributed by atoms with van der Waals surface area (Å²) in [5, 5.41) is 19.4. The molecule has 2 N–H and O–H groups in total. The molecular formula is C11H15N5O3. The fourth-order valence-corrected chi connectivity index (χ4v) is 2.27. The Labute approximate surface area is 109 Å². The number of amides is 2. The van der Waals surface area contributed by atoms with E-state index < -0.39 is 12.0 Å². The number of nitrogens with one attached hydrogen (secondary N) is 1. The lowest BCUT2D eigenvalue weighted by molar-refractivity contribution is -0.139. The third-order valence-electron chi connectivity index (χ3n) is 3.56. The number of carboxylic acids is 1. The standard InChI is InChI=1S/C11H15N5O3/c17-10(18)9(7-1-2-7)13-11(19)15-3-4-16-6-12-14-8(16)5-15/h6-7,9H,1-5H2,(H,13,19)(H,17,18). The molecular weight excluding hydrogens is 250 g/mol. The summed E-state index contributed by atoms with van der Waals surface area (Å²) in [5.41, 5.74) is 0. The largest absolute Gasteiger partial charge is 0.480 e. The zero-order valence-electron chi connectivity index (χ0n) is 10.3. The van der Waals surface area contributed by atoms with Crippen molar-refractivity contribution in [2.24, 2.45) is 5.92 Å². The van der Waals surface area contributed by atoms with Gasteiger partial charge in [-0.2, -0.15) is 0 Å². The van der Waals surface area contributed by atoms with E-state index in [2.05, 4.69) is 15.5 Å². The van der Waals surface area contributed by atoms with Crippen LogP contribution in [0.15, 0.2) is 6.33 Å². The predicted molar refractivity (Wildman–Crippen MR) is 63.1 cm³/mol. The van der Waals surface area contributed by atoms with E-state index in [4.69, 9.17) is 5.11 Å². The Morgan fingerprint density at radius 1 is 1.42 bits per heavy atom. The molecule has 8 heteroatoms. The maximum absolute atomic E-state index is 12.1. The second-order valence-corrected chi connectivity index (χ2v) is 4.96. The van der Waals surface area contributed by atoms with Gasteiger partial charge in [0, 0.05) is 13.1 Å². The van der Waals surface area contributed by atoms with Crippen LogP contribution in [0.2, 0.25) is 0 Å². The van der Waals surface area contributed by atoms with Gasteiger partial charge in [-0.15, -0.1) is 10.2 Å². The molecule has 1 atom stereocenters. The quantitative estimate of drug-likeness (QED) is 0.779. The van der Waals surface area contributed by atoms with Gasteiger partial charge in [0.05, 0.1) is 6.54 Å². The number of carbonyl (C=O) groups is 2. The minimum absolute atomic E-state index is 0.0786. The van der Waals surface area contributed by atoms with Crippen LogP contribution in [0, 0.1) is 5.92 Å². The lowest BCUT2D eigenvalue weighted by Crippen LogP contribution is -2.50. The number of carbonyl (C=O) groups excluding carboxylic acids is 1. The summed E-state index contributed by atoms with van der Waals surface area (Å²) in [7, 11) is 0. The molecule has 1 saturated carbocycles. The molecule has 0 spiro atoms.